The molecule has 1 amide bonds. The van der Waals surface area contributed by atoms with E-state index in [4.69, 9.17) is 14.2 Å². The first-order chi connectivity index (χ1) is 12.8. The van der Waals surface area contributed by atoms with Crippen LogP contribution in [-0.2, 0) is 6.61 Å². The Kier molecular flexibility index (Phi) is 4.43. The Hall–Kier alpha value is -3.47. The maximum absolute atomic E-state index is 12.6. The lowest BCUT2D eigenvalue weighted by Gasteiger charge is -2.13. The monoisotopic (exact) mass is 347 g/mol. The highest BCUT2D eigenvalue weighted by Gasteiger charge is 2.17. The van der Waals surface area contributed by atoms with Crippen LogP contribution in [0.2, 0.25) is 0 Å². The number of hydrogen-bond donors (Lipinski definition) is 1. The van der Waals surface area contributed by atoms with Gasteiger partial charge in [-0.15, -0.1) is 0 Å². The van der Waals surface area contributed by atoms with Crippen LogP contribution in [0.1, 0.15) is 15.9 Å². The maximum atomic E-state index is 12.6. The molecule has 0 aliphatic carbocycles. The molecule has 3 aromatic carbocycles. The van der Waals surface area contributed by atoms with Crippen molar-refractivity contribution in [2.45, 2.75) is 6.61 Å². The molecule has 0 atom stereocenters. The smallest absolute Gasteiger partial charge is 0.255 e. The molecule has 26 heavy (non-hydrogen) atoms. The number of amides is 1. The van der Waals surface area contributed by atoms with E-state index in [1.54, 1.807) is 18.2 Å². The van der Waals surface area contributed by atoms with E-state index in [0.717, 1.165) is 5.56 Å². The van der Waals surface area contributed by atoms with Crippen LogP contribution in [-0.4, -0.2) is 12.7 Å². The van der Waals surface area contributed by atoms with E-state index in [1.165, 1.54) is 0 Å². The molecule has 0 aromatic heterocycles. The van der Waals surface area contributed by atoms with E-state index in [2.05, 4.69) is 5.32 Å². The second-order valence-electron chi connectivity index (χ2n) is 5.79. The van der Waals surface area contributed by atoms with Gasteiger partial charge in [-0.3, -0.25) is 4.79 Å². The summed E-state index contributed by atoms with van der Waals surface area (Å²) in [6.45, 7) is 0.605. The van der Waals surface area contributed by atoms with E-state index in [1.807, 2.05) is 54.6 Å². The molecular weight excluding hydrogens is 330 g/mol. The molecule has 5 heteroatoms. The predicted octanol–water partition coefficient (Wildman–Crippen LogP) is 4.25. The molecule has 0 spiro atoms. The molecule has 0 saturated carbocycles. The molecule has 0 fully saturated rings. The molecule has 0 unspecified atom stereocenters. The predicted molar refractivity (Wildman–Crippen MR) is 97.7 cm³/mol. The molecule has 3 aromatic rings. The molecule has 1 N–H and O–H groups in total. The second kappa shape index (κ2) is 7.19. The van der Waals surface area contributed by atoms with E-state index < -0.39 is 0 Å². The van der Waals surface area contributed by atoms with Gasteiger partial charge in [-0.2, -0.15) is 0 Å². The SMILES string of the molecule is O=C(Nc1ccccc1OCc1ccccc1)c1ccc2c(c1)OCO2. The average Bonchev–Trinajstić information content (AvgIpc) is 3.16. The highest BCUT2D eigenvalue weighted by Crippen LogP contribution is 2.33. The van der Waals surface area contributed by atoms with Gasteiger partial charge >= 0.3 is 0 Å². The highest BCUT2D eigenvalue weighted by atomic mass is 16.7. The minimum absolute atomic E-state index is 0.177. The number of hydrogen-bond acceptors (Lipinski definition) is 4. The van der Waals surface area contributed by atoms with E-state index in [-0.39, 0.29) is 12.7 Å². The summed E-state index contributed by atoms with van der Waals surface area (Å²) in [7, 11) is 0. The molecule has 0 bridgehead atoms. The topological polar surface area (TPSA) is 56.8 Å². The Morgan fingerprint density at radius 3 is 2.58 bits per heavy atom. The fourth-order valence-corrected chi connectivity index (χ4v) is 2.66. The second-order valence-corrected chi connectivity index (χ2v) is 5.79. The first-order valence-electron chi connectivity index (χ1n) is 8.26. The number of carbonyl (C=O) groups excluding carboxylic acids is 1. The largest absolute Gasteiger partial charge is 0.487 e. The lowest BCUT2D eigenvalue weighted by Crippen LogP contribution is -2.13. The van der Waals surface area contributed by atoms with Crippen LogP contribution < -0.4 is 19.5 Å². The quantitative estimate of drug-likeness (QED) is 0.750. The summed E-state index contributed by atoms with van der Waals surface area (Å²) in [5.41, 5.74) is 2.17. The fraction of sp³-hybridized carbons (Fsp3) is 0.0952. The molecule has 0 saturated heterocycles. The number of rotatable bonds is 5. The first kappa shape index (κ1) is 16.0. The first-order valence-corrected chi connectivity index (χ1v) is 8.26. The number of benzene rings is 3. The Bertz CT molecular complexity index is 924. The summed E-state index contributed by atoms with van der Waals surface area (Å²) in [6, 6.07) is 22.4. The molecule has 5 nitrogen and oxygen atoms in total. The van der Waals surface area contributed by atoms with Gasteiger partial charge < -0.3 is 19.5 Å². The number of anilines is 1. The average molecular weight is 347 g/mol. The van der Waals surface area contributed by atoms with Crippen molar-refractivity contribution in [1.29, 1.82) is 0 Å². The van der Waals surface area contributed by atoms with Gasteiger partial charge in [0.2, 0.25) is 6.79 Å². The van der Waals surface area contributed by atoms with Gasteiger partial charge in [0.25, 0.3) is 5.91 Å². The third kappa shape index (κ3) is 3.47. The van der Waals surface area contributed by atoms with Crippen molar-refractivity contribution in [2.24, 2.45) is 0 Å². The van der Waals surface area contributed by atoms with Gasteiger partial charge in [-0.1, -0.05) is 42.5 Å². The Morgan fingerprint density at radius 1 is 0.923 bits per heavy atom. The molecule has 1 heterocycles. The van der Waals surface area contributed by atoms with Crippen molar-refractivity contribution in [3.05, 3.63) is 83.9 Å². The van der Waals surface area contributed by atoms with Crippen LogP contribution in [0.25, 0.3) is 0 Å². The zero-order valence-corrected chi connectivity index (χ0v) is 14.0. The standard InChI is InChI=1S/C21H17NO4/c23-21(16-10-11-19-20(12-16)26-14-25-19)22-17-8-4-5-9-18(17)24-13-15-6-2-1-3-7-15/h1-12H,13-14H2,(H,22,23). The minimum Gasteiger partial charge on any atom is -0.487 e. The normalized spacial score (nSPS) is 11.8. The summed E-state index contributed by atoms with van der Waals surface area (Å²) in [5.74, 6) is 1.60. The Balaban J connectivity index is 1.48. The Morgan fingerprint density at radius 2 is 1.69 bits per heavy atom. The van der Waals surface area contributed by atoms with Gasteiger partial charge in [0.05, 0.1) is 5.69 Å². The summed E-state index contributed by atoms with van der Waals surface area (Å²) in [4.78, 5) is 12.6. The lowest BCUT2D eigenvalue weighted by molar-refractivity contribution is 0.102. The van der Waals surface area contributed by atoms with Gasteiger partial charge in [0.15, 0.2) is 11.5 Å². The summed E-state index contributed by atoms with van der Waals surface area (Å²) in [5, 5.41) is 2.89. The van der Waals surface area contributed by atoms with Gasteiger partial charge in [-0.05, 0) is 35.9 Å². The molecule has 1 aliphatic heterocycles. The summed E-state index contributed by atoms with van der Waals surface area (Å²) in [6.07, 6.45) is 0. The van der Waals surface area contributed by atoms with Crippen LogP contribution in [0.5, 0.6) is 17.2 Å². The summed E-state index contributed by atoms with van der Waals surface area (Å²) >= 11 is 0. The van der Waals surface area contributed by atoms with Crippen LogP contribution in [0, 0.1) is 0 Å². The van der Waals surface area contributed by atoms with E-state index >= 15 is 0 Å². The number of para-hydroxylation sites is 2. The van der Waals surface area contributed by atoms with Crippen LogP contribution in [0.4, 0.5) is 5.69 Å². The molecular formula is C21H17NO4. The van der Waals surface area contributed by atoms with Crippen molar-refractivity contribution in [1.82, 2.24) is 0 Å². The minimum atomic E-state index is -0.237. The van der Waals surface area contributed by atoms with E-state index in [0.29, 0.717) is 35.1 Å². The Labute approximate surface area is 151 Å². The molecule has 1 aliphatic rings. The number of ether oxygens (including phenoxy) is 3. The van der Waals surface area contributed by atoms with Crippen LogP contribution in [0.15, 0.2) is 72.8 Å². The molecule has 0 radical (unpaired) electrons. The van der Waals surface area contributed by atoms with Crippen LogP contribution >= 0.6 is 0 Å². The van der Waals surface area contributed by atoms with Crippen molar-refractivity contribution < 1.29 is 19.0 Å². The van der Waals surface area contributed by atoms with E-state index in [9.17, 15) is 4.79 Å². The van der Waals surface area contributed by atoms with Crippen molar-refractivity contribution in [2.75, 3.05) is 12.1 Å². The number of carbonyl (C=O) groups is 1. The fourth-order valence-electron chi connectivity index (χ4n) is 2.66. The van der Waals surface area contributed by atoms with Crippen molar-refractivity contribution in [3.8, 4) is 17.2 Å². The van der Waals surface area contributed by atoms with Crippen molar-refractivity contribution in [3.63, 3.8) is 0 Å². The lowest BCUT2D eigenvalue weighted by atomic mass is 10.2. The zero-order chi connectivity index (χ0) is 17.8. The number of nitrogens with one attached hydrogen (secondary N) is 1. The number of fused-ring (bicyclic) bond motifs is 1. The van der Waals surface area contributed by atoms with Crippen molar-refractivity contribution >= 4 is 11.6 Å². The van der Waals surface area contributed by atoms with Gasteiger partial charge in [-0.25, -0.2) is 0 Å². The summed E-state index contributed by atoms with van der Waals surface area (Å²) < 4.78 is 16.5. The third-order valence-electron chi connectivity index (χ3n) is 4.01. The third-order valence-corrected chi connectivity index (χ3v) is 4.01. The van der Waals surface area contributed by atoms with Gasteiger partial charge in [0.1, 0.15) is 12.4 Å². The molecule has 130 valence electrons. The van der Waals surface area contributed by atoms with Gasteiger partial charge in [0, 0.05) is 5.56 Å². The molecule has 4 rings (SSSR count). The maximum Gasteiger partial charge on any atom is 0.255 e. The highest BCUT2D eigenvalue weighted by molar-refractivity contribution is 6.05. The van der Waals surface area contributed by atoms with Crippen LogP contribution in [0.3, 0.4) is 0 Å². The zero-order valence-electron chi connectivity index (χ0n) is 14.0.